The van der Waals surface area contributed by atoms with E-state index in [4.69, 9.17) is 14.5 Å². The first-order chi connectivity index (χ1) is 16.4. The quantitative estimate of drug-likeness (QED) is 0.514. The van der Waals surface area contributed by atoms with E-state index in [2.05, 4.69) is 6.07 Å². The normalized spacial score (nSPS) is 19.5. The van der Waals surface area contributed by atoms with Crippen LogP contribution < -0.4 is 4.90 Å². The van der Waals surface area contributed by atoms with Crippen molar-refractivity contribution in [1.82, 2.24) is 9.29 Å². The monoisotopic (exact) mass is 501 g/mol. The summed E-state index contributed by atoms with van der Waals surface area (Å²) in [4.78, 5) is 20.2. The Labute approximate surface area is 203 Å². The number of benzene rings is 2. The summed E-state index contributed by atoms with van der Waals surface area (Å²) in [6.45, 7) is 4.56. The summed E-state index contributed by atoms with van der Waals surface area (Å²) in [5.41, 5.74) is 2.40. The minimum absolute atomic E-state index is 0.0429. The van der Waals surface area contributed by atoms with Crippen LogP contribution >= 0.6 is 11.3 Å². The van der Waals surface area contributed by atoms with Crippen molar-refractivity contribution in [3.8, 4) is 0 Å². The van der Waals surface area contributed by atoms with Crippen LogP contribution in [0.1, 0.15) is 28.8 Å². The second-order valence-electron chi connectivity index (χ2n) is 8.56. The van der Waals surface area contributed by atoms with Crippen LogP contribution in [0.2, 0.25) is 0 Å². The van der Waals surface area contributed by atoms with Crippen molar-refractivity contribution in [2.75, 3.05) is 44.4 Å². The van der Waals surface area contributed by atoms with Crippen molar-refractivity contribution in [2.24, 2.45) is 0 Å². The van der Waals surface area contributed by atoms with E-state index in [9.17, 15) is 13.2 Å². The average Bonchev–Trinajstić information content (AvgIpc) is 3.52. The van der Waals surface area contributed by atoms with E-state index in [1.807, 2.05) is 19.1 Å². The summed E-state index contributed by atoms with van der Waals surface area (Å²) in [5.74, 6) is -0.221. The molecule has 3 aromatic rings. The zero-order valence-electron chi connectivity index (χ0n) is 19.0. The molecule has 2 aliphatic rings. The highest BCUT2D eigenvalue weighted by Gasteiger charge is 2.29. The number of sulfonamides is 1. The fourth-order valence-corrected chi connectivity index (χ4v) is 6.72. The number of nitrogens with zero attached hydrogens (tertiary/aromatic N) is 3. The van der Waals surface area contributed by atoms with Gasteiger partial charge in [0.25, 0.3) is 5.91 Å². The third-order valence-corrected chi connectivity index (χ3v) is 9.08. The molecular weight excluding hydrogens is 474 g/mol. The van der Waals surface area contributed by atoms with Crippen molar-refractivity contribution >= 4 is 42.6 Å². The maximum absolute atomic E-state index is 13.6. The Kier molecular flexibility index (Phi) is 6.67. The molecule has 8 nitrogen and oxygen atoms in total. The molecule has 0 saturated carbocycles. The first-order valence-corrected chi connectivity index (χ1v) is 13.7. The maximum atomic E-state index is 13.6. The lowest BCUT2D eigenvalue weighted by molar-refractivity contribution is 0.0730. The molecular formula is C24H27N3O5S2. The number of ether oxygens (including phenoxy) is 2. The van der Waals surface area contributed by atoms with Gasteiger partial charge in [-0.25, -0.2) is 13.4 Å². The van der Waals surface area contributed by atoms with Gasteiger partial charge in [-0.05, 0) is 61.7 Å². The fourth-order valence-electron chi connectivity index (χ4n) is 4.24. The predicted octanol–water partition coefficient (Wildman–Crippen LogP) is 3.45. The molecule has 2 saturated heterocycles. The van der Waals surface area contributed by atoms with E-state index in [-0.39, 0.29) is 16.9 Å². The highest BCUT2D eigenvalue weighted by atomic mass is 32.2. The van der Waals surface area contributed by atoms with Gasteiger partial charge in [-0.1, -0.05) is 17.4 Å². The van der Waals surface area contributed by atoms with Crippen molar-refractivity contribution < 1.29 is 22.7 Å². The molecule has 180 valence electrons. The lowest BCUT2D eigenvalue weighted by Crippen LogP contribution is -2.40. The van der Waals surface area contributed by atoms with E-state index in [1.54, 1.807) is 17.0 Å². The van der Waals surface area contributed by atoms with E-state index in [0.717, 1.165) is 28.6 Å². The Morgan fingerprint density at radius 2 is 1.91 bits per heavy atom. The van der Waals surface area contributed by atoms with Gasteiger partial charge in [0, 0.05) is 25.3 Å². The average molecular weight is 502 g/mol. The van der Waals surface area contributed by atoms with Gasteiger partial charge in [-0.3, -0.25) is 9.69 Å². The largest absolute Gasteiger partial charge is 0.379 e. The van der Waals surface area contributed by atoms with Gasteiger partial charge in [0.05, 0.1) is 41.0 Å². The first-order valence-electron chi connectivity index (χ1n) is 11.4. The van der Waals surface area contributed by atoms with Gasteiger partial charge in [0.15, 0.2) is 5.13 Å². The molecule has 1 unspecified atom stereocenters. The number of anilines is 1. The van der Waals surface area contributed by atoms with Crippen LogP contribution in [0, 0.1) is 6.92 Å². The zero-order chi connectivity index (χ0) is 23.7. The fraction of sp³-hybridized carbons (Fsp3) is 0.417. The number of aromatic nitrogens is 1. The second kappa shape index (κ2) is 9.71. The lowest BCUT2D eigenvalue weighted by Gasteiger charge is -2.26. The van der Waals surface area contributed by atoms with Crippen molar-refractivity contribution in [1.29, 1.82) is 0 Å². The molecule has 1 amide bonds. The molecule has 2 aliphatic heterocycles. The number of rotatable bonds is 6. The number of amides is 1. The number of hydrogen-bond donors (Lipinski definition) is 0. The van der Waals surface area contributed by atoms with Crippen molar-refractivity contribution in [3.05, 3.63) is 53.6 Å². The summed E-state index contributed by atoms with van der Waals surface area (Å²) >= 11 is 1.48. The standard InChI is InChI=1S/C24H27N3O5S2/c1-17-4-9-21-22(15-17)33-24(25-21)27(16-19-3-2-12-32-19)23(28)18-5-7-20(8-6-18)34(29,30)26-10-13-31-14-11-26/h4-9,15,19H,2-3,10-14,16H2,1H3. The summed E-state index contributed by atoms with van der Waals surface area (Å²) in [5, 5.41) is 0.617. The molecule has 3 heterocycles. The van der Waals surface area contributed by atoms with Gasteiger partial charge in [-0.15, -0.1) is 0 Å². The van der Waals surface area contributed by atoms with Gasteiger partial charge in [0.2, 0.25) is 10.0 Å². The van der Waals surface area contributed by atoms with Crippen LogP contribution in [-0.4, -0.2) is 69.2 Å². The number of thiazole rings is 1. The highest BCUT2D eigenvalue weighted by molar-refractivity contribution is 7.89. The Morgan fingerprint density at radius 1 is 1.15 bits per heavy atom. The predicted molar refractivity (Wildman–Crippen MR) is 131 cm³/mol. The summed E-state index contributed by atoms with van der Waals surface area (Å²) in [6, 6.07) is 12.2. The number of hydrogen-bond acceptors (Lipinski definition) is 7. The Morgan fingerprint density at radius 3 is 2.62 bits per heavy atom. The third-order valence-electron chi connectivity index (χ3n) is 6.13. The summed E-state index contributed by atoms with van der Waals surface area (Å²) in [7, 11) is -3.62. The molecule has 1 aromatic heterocycles. The molecule has 0 aliphatic carbocycles. The topological polar surface area (TPSA) is 89.0 Å². The number of aryl methyl sites for hydroxylation is 1. The van der Waals surface area contributed by atoms with E-state index in [1.165, 1.54) is 27.8 Å². The molecule has 2 aromatic carbocycles. The van der Waals surface area contributed by atoms with Crippen molar-refractivity contribution in [2.45, 2.75) is 30.8 Å². The summed E-state index contributed by atoms with van der Waals surface area (Å²) in [6.07, 6.45) is 1.82. The van der Waals surface area contributed by atoms with Crippen LogP contribution in [0.4, 0.5) is 5.13 Å². The van der Waals surface area contributed by atoms with Gasteiger partial charge in [0.1, 0.15) is 0 Å². The van der Waals surface area contributed by atoms with Gasteiger partial charge in [-0.2, -0.15) is 4.31 Å². The van der Waals surface area contributed by atoms with Gasteiger partial charge >= 0.3 is 0 Å². The molecule has 34 heavy (non-hydrogen) atoms. The molecule has 0 bridgehead atoms. The van der Waals surface area contributed by atoms with Crippen LogP contribution in [0.25, 0.3) is 10.2 Å². The Bertz CT molecular complexity index is 1280. The van der Waals surface area contributed by atoms with Crippen LogP contribution in [-0.2, 0) is 19.5 Å². The number of carbonyl (C=O) groups excluding carboxylic acids is 1. The smallest absolute Gasteiger partial charge is 0.260 e. The molecule has 0 N–H and O–H groups in total. The number of fused-ring (bicyclic) bond motifs is 1. The molecule has 0 spiro atoms. The molecule has 2 fully saturated rings. The van der Waals surface area contributed by atoms with Crippen molar-refractivity contribution in [3.63, 3.8) is 0 Å². The van der Waals surface area contributed by atoms with Crippen LogP contribution in [0.15, 0.2) is 47.4 Å². The van der Waals surface area contributed by atoms with Crippen LogP contribution in [0.3, 0.4) is 0 Å². The molecule has 5 rings (SSSR count). The molecule has 10 heteroatoms. The SMILES string of the molecule is Cc1ccc2nc(N(CC3CCCO3)C(=O)c3ccc(S(=O)(=O)N4CCOCC4)cc3)sc2c1. The summed E-state index contributed by atoms with van der Waals surface area (Å²) < 4.78 is 39.4. The second-order valence-corrected chi connectivity index (χ2v) is 11.5. The van der Waals surface area contributed by atoms with Gasteiger partial charge < -0.3 is 9.47 Å². The maximum Gasteiger partial charge on any atom is 0.260 e. The minimum Gasteiger partial charge on any atom is -0.379 e. The third kappa shape index (κ3) is 4.73. The number of morpholine rings is 1. The molecule has 0 radical (unpaired) electrons. The Hall–Kier alpha value is -2.37. The first kappa shape index (κ1) is 23.4. The van der Waals surface area contributed by atoms with Crippen LogP contribution in [0.5, 0.6) is 0 Å². The number of carbonyl (C=O) groups is 1. The zero-order valence-corrected chi connectivity index (χ0v) is 20.6. The van der Waals surface area contributed by atoms with E-state index in [0.29, 0.717) is 50.1 Å². The molecule has 1 atom stereocenters. The lowest BCUT2D eigenvalue weighted by atomic mass is 10.2. The Balaban J connectivity index is 1.43. The minimum atomic E-state index is -3.62. The van der Waals surface area contributed by atoms with E-state index >= 15 is 0 Å². The highest BCUT2D eigenvalue weighted by Crippen LogP contribution is 2.31. The van der Waals surface area contributed by atoms with E-state index < -0.39 is 10.0 Å².